The van der Waals surface area contributed by atoms with Gasteiger partial charge in [0, 0.05) is 17.5 Å². The predicted molar refractivity (Wildman–Crippen MR) is 61.8 cm³/mol. The topological polar surface area (TPSA) is 33.1 Å². The smallest absolute Gasteiger partial charge is 0.123 e. The van der Waals surface area contributed by atoms with Crippen LogP contribution in [0.15, 0.2) is 36.0 Å². The maximum absolute atomic E-state index is 13.1. The first-order valence-corrected chi connectivity index (χ1v) is 5.82. The molecule has 1 aromatic heterocycles. The Morgan fingerprint density at radius 2 is 2.31 bits per heavy atom. The van der Waals surface area contributed by atoms with E-state index in [2.05, 4.69) is 4.98 Å². The van der Waals surface area contributed by atoms with Gasteiger partial charge in [-0.1, -0.05) is 12.1 Å². The quantitative estimate of drug-likeness (QED) is 0.890. The van der Waals surface area contributed by atoms with Gasteiger partial charge >= 0.3 is 0 Å². The van der Waals surface area contributed by atoms with Crippen molar-refractivity contribution < 1.29 is 9.50 Å². The van der Waals surface area contributed by atoms with Crippen LogP contribution in [-0.2, 0) is 12.0 Å². The van der Waals surface area contributed by atoms with Gasteiger partial charge in [-0.05, 0) is 24.6 Å². The van der Waals surface area contributed by atoms with Gasteiger partial charge in [0.2, 0.25) is 0 Å². The van der Waals surface area contributed by atoms with Crippen LogP contribution < -0.4 is 0 Å². The third-order valence-electron chi connectivity index (χ3n) is 2.45. The molecule has 1 N–H and O–H groups in total. The lowest BCUT2D eigenvalue weighted by atomic mass is 9.92. The first-order valence-electron chi connectivity index (χ1n) is 4.94. The number of benzene rings is 1. The highest BCUT2D eigenvalue weighted by atomic mass is 32.1. The van der Waals surface area contributed by atoms with E-state index in [1.54, 1.807) is 30.8 Å². The van der Waals surface area contributed by atoms with E-state index in [0.29, 0.717) is 12.0 Å². The molecule has 0 radical (unpaired) electrons. The maximum atomic E-state index is 13.1. The summed E-state index contributed by atoms with van der Waals surface area (Å²) in [5.41, 5.74) is 1.24. The minimum absolute atomic E-state index is 0.331. The molecule has 4 heteroatoms. The molecule has 0 aliphatic carbocycles. The Morgan fingerprint density at radius 3 is 2.94 bits per heavy atom. The van der Waals surface area contributed by atoms with Crippen LogP contribution in [0, 0.1) is 5.82 Å². The number of aromatic nitrogens is 1. The molecular weight excluding hydrogens is 225 g/mol. The van der Waals surface area contributed by atoms with Crippen molar-refractivity contribution in [3.05, 3.63) is 52.2 Å². The lowest BCUT2D eigenvalue weighted by molar-refractivity contribution is 0.0581. The summed E-state index contributed by atoms with van der Waals surface area (Å²) >= 11 is 1.48. The van der Waals surface area contributed by atoms with Crippen LogP contribution in [0.2, 0.25) is 0 Å². The number of nitrogens with zero attached hydrogens (tertiary/aromatic N) is 1. The Hall–Kier alpha value is -1.26. The fraction of sp³-hybridized carbons (Fsp3) is 0.250. The van der Waals surface area contributed by atoms with Crippen molar-refractivity contribution in [2.75, 3.05) is 0 Å². The van der Waals surface area contributed by atoms with Gasteiger partial charge in [0.25, 0.3) is 0 Å². The zero-order chi connectivity index (χ0) is 11.6. The Balaban J connectivity index is 2.24. The number of hydrogen-bond acceptors (Lipinski definition) is 3. The highest BCUT2D eigenvalue weighted by Crippen LogP contribution is 2.26. The zero-order valence-corrected chi connectivity index (χ0v) is 9.67. The summed E-state index contributed by atoms with van der Waals surface area (Å²) in [6, 6.07) is 6.06. The molecule has 16 heavy (non-hydrogen) atoms. The van der Waals surface area contributed by atoms with Crippen molar-refractivity contribution in [3.8, 4) is 0 Å². The van der Waals surface area contributed by atoms with Crippen LogP contribution in [0.5, 0.6) is 0 Å². The summed E-state index contributed by atoms with van der Waals surface area (Å²) < 4.78 is 13.1. The van der Waals surface area contributed by atoms with E-state index in [1.807, 2.05) is 0 Å². The summed E-state index contributed by atoms with van der Waals surface area (Å²) in [4.78, 5) is 4.93. The molecule has 2 nitrogen and oxygen atoms in total. The highest BCUT2D eigenvalue weighted by Gasteiger charge is 2.24. The molecule has 1 aromatic carbocycles. The molecule has 0 fully saturated rings. The summed E-state index contributed by atoms with van der Waals surface area (Å²) in [6.45, 7) is 1.68. The van der Waals surface area contributed by atoms with E-state index in [4.69, 9.17) is 0 Å². The van der Waals surface area contributed by atoms with Crippen molar-refractivity contribution in [3.63, 3.8) is 0 Å². The minimum Gasteiger partial charge on any atom is -0.385 e. The molecule has 0 bridgehead atoms. The standard InChI is InChI=1S/C12H12FNOS/c1-12(15,6-11-7-14-8-16-11)9-3-2-4-10(13)5-9/h2-5,7-8,15H,6H2,1H3. The first kappa shape index (κ1) is 11.2. The van der Waals surface area contributed by atoms with Crippen LogP contribution in [0.4, 0.5) is 4.39 Å². The van der Waals surface area contributed by atoms with Crippen LogP contribution in [0.3, 0.4) is 0 Å². The van der Waals surface area contributed by atoms with E-state index in [9.17, 15) is 9.50 Å². The van der Waals surface area contributed by atoms with E-state index >= 15 is 0 Å². The van der Waals surface area contributed by atoms with Crippen molar-refractivity contribution >= 4 is 11.3 Å². The van der Waals surface area contributed by atoms with Gasteiger partial charge in [-0.15, -0.1) is 11.3 Å². The van der Waals surface area contributed by atoms with Crippen LogP contribution in [-0.4, -0.2) is 10.1 Å². The molecule has 0 spiro atoms. The third kappa shape index (κ3) is 2.46. The molecule has 1 unspecified atom stereocenters. The second kappa shape index (κ2) is 4.31. The molecule has 2 aromatic rings. The first-order chi connectivity index (χ1) is 7.58. The lowest BCUT2D eigenvalue weighted by Gasteiger charge is -2.23. The summed E-state index contributed by atoms with van der Waals surface area (Å²) in [5.74, 6) is -0.331. The number of aliphatic hydroxyl groups is 1. The SMILES string of the molecule is CC(O)(Cc1cncs1)c1cccc(F)c1. The fourth-order valence-corrected chi connectivity index (χ4v) is 2.34. The Morgan fingerprint density at radius 1 is 1.50 bits per heavy atom. The molecular formula is C12H12FNOS. The van der Waals surface area contributed by atoms with Gasteiger partial charge in [0.15, 0.2) is 0 Å². The Bertz CT molecular complexity index is 468. The van der Waals surface area contributed by atoms with Gasteiger partial charge in [0.05, 0.1) is 11.1 Å². The van der Waals surface area contributed by atoms with Gasteiger partial charge in [-0.25, -0.2) is 4.39 Å². The highest BCUT2D eigenvalue weighted by molar-refractivity contribution is 7.09. The van der Waals surface area contributed by atoms with E-state index in [1.165, 1.54) is 23.5 Å². The van der Waals surface area contributed by atoms with Crippen LogP contribution >= 0.6 is 11.3 Å². The Labute approximate surface area is 97.4 Å². The fourth-order valence-electron chi connectivity index (χ4n) is 1.59. The molecule has 0 aliphatic rings. The van der Waals surface area contributed by atoms with Crippen molar-refractivity contribution in [2.24, 2.45) is 0 Å². The van der Waals surface area contributed by atoms with Gasteiger partial charge in [-0.3, -0.25) is 4.98 Å². The lowest BCUT2D eigenvalue weighted by Crippen LogP contribution is -2.23. The molecule has 0 aliphatic heterocycles. The second-order valence-corrected chi connectivity index (χ2v) is 4.90. The monoisotopic (exact) mass is 237 g/mol. The third-order valence-corrected chi connectivity index (χ3v) is 3.23. The van der Waals surface area contributed by atoms with Gasteiger partial charge in [0.1, 0.15) is 5.82 Å². The largest absolute Gasteiger partial charge is 0.385 e. The minimum atomic E-state index is -1.06. The molecule has 0 amide bonds. The average molecular weight is 237 g/mol. The summed E-state index contributed by atoms with van der Waals surface area (Å²) in [5, 5.41) is 10.3. The van der Waals surface area contributed by atoms with Crippen LogP contribution in [0.25, 0.3) is 0 Å². The summed E-state index contributed by atoms with van der Waals surface area (Å²) in [7, 11) is 0. The number of thiazole rings is 1. The van der Waals surface area contributed by atoms with E-state index < -0.39 is 5.60 Å². The molecule has 2 rings (SSSR count). The number of halogens is 1. The second-order valence-electron chi connectivity index (χ2n) is 3.93. The van der Waals surface area contributed by atoms with Gasteiger partial charge in [-0.2, -0.15) is 0 Å². The predicted octanol–water partition coefficient (Wildman–Crippen LogP) is 2.73. The average Bonchev–Trinajstić information content (AvgIpc) is 2.70. The molecule has 0 saturated carbocycles. The maximum Gasteiger partial charge on any atom is 0.123 e. The van der Waals surface area contributed by atoms with Crippen LogP contribution in [0.1, 0.15) is 17.4 Å². The normalized spacial score (nSPS) is 14.7. The molecule has 0 saturated heterocycles. The molecule has 1 atom stereocenters. The van der Waals surface area contributed by atoms with Crippen molar-refractivity contribution in [1.29, 1.82) is 0 Å². The molecule has 1 heterocycles. The Kier molecular flexibility index (Phi) is 3.03. The number of hydrogen-bond donors (Lipinski definition) is 1. The van der Waals surface area contributed by atoms with Crippen molar-refractivity contribution in [2.45, 2.75) is 18.9 Å². The van der Waals surface area contributed by atoms with E-state index in [0.717, 1.165) is 4.88 Å². The molecule has 84 valence electrons. The summed E-state index contributed by atoms with van der Waals surface area (Å²) in [6.07, 6.45) is 2.17. The van der Waals surface area contributed by atoms with E-state index in [-0.39, 0.29) is 5.82 Å². The zero-order valence-electron chi connectivity index (χ0n) is 8.85. The van der Waals surface area contributed by atoms with Crippen molar-refractivity contribution in [1.82, 2.24) is 4.98 Å². The number of rotatable bonds is 3. The van der Waals surface area contributed by atoms with Gasteiger partial charge < -0.3 is 5.11 Å².